The molecule has 8 heteroatoms. The molecule has 1 amide bonds. The lowest BCUT2D eigenvalue weighted by molar-refractivity contribution is -0.133. The van der Waals surface area contributed by atoms with Crippen molar-refractivity contribution in [3.05, 3.63) is 30.3 Å². The normalized spacial score (nSPS) is 17.9. The number of hydrogen-bond acceptors (Lipinski definition) is 4. The fraction of sp³-hybridized carbons (Fsp3) is 0.462. The predicted octanol–water partition coefficient (Wildman–Crippen LogP) is 0.289. The Labute approximate surface area is 131 Å². The van der Waals surface area contributed by atoms with E-state index in [0.717, 1.165) is 0 Å². The maximum atomic E-state index is 12.4. The van der Waals surface area contributed by atoms with Crippen molar-refractivity contribution in [1.29, 1.82) is 0 Å². The summed E-state index contributed by atoms with van der Waals surface area (Å²) in [7, 11) is -3.47. The molecule has 1 aromatic carbocycles. The van der Waals surface area contributed by atoms with E-state index in [1.165, 1.54) is 4.31 Å². The standard InChI is InChI=1S/C13H19N3O3S.ClH/c1-11(14)13(17)15-7-9-16(10-8-15)20(18,19)12-5-3-2-4-6-12;/h2-6,11H,7-10,14H2,1H3;1H/t11-;/m0./s1. The van der Waals surface area contributed by atoms with E-state index >= 15 is 0 Å². The molecule has 2 rings (SSSR count). The highest BCUT2D eigenvalue weighted by Crippen LogP contribution is 2.17. The number of amides is 1. The molecule has 1 aliphatic heterocycles. The summed E-state index contributed by atoms with van der Waals surface area (Å²) in [6, 6.07) is 7.78. The summed E-state index contributed by atoms with van der Waals surface area (Å²) >= 11 is 0. The van der Waals surface area contributed by atoms with Crippen molar-refractivity contribution < 1.29 is 13.2 Å². The third-order valence-electron chi connectivity index (χ3n) is 3.32. The smallest absolute Gasteiger partial charge is 0.243 e. The van der Waals surface area contributed by atoms with E-state index in [9.17, 15) is 13.2 Å². The Balaban J connectivity index is 0.00000220. The molecule has 1 aliphatic rings. The number of hydrogen-bond donors (Lipinski definition) is 1. The molecule has 0 aromatic heterocycles. The first-order chi connectivity index (χ1) is 9.43. The van der Waals surface area contributed by atoms with Gasteiger partial charge in [-0.2, -0.15) is 4.31 Å². The first-order valence-corrected chi connectivity index (χ1v) is 7.96. The minimum atomic E-state index is -3.47. The zero-order chi connectivity index (χ0) is 14.8. The van der Waals surface area contributed by atoms with Crippen molar-refractivity contribution in [3.8, 4) is 0 Å². The number of piperazine rings is 1. The lowest BCUT2D eigenvalue weighted by atomic mass is 10.2. The molecule has 6 nitrogen and oxygen atoms in total. The number of sulfonamides is 1. The van der Waals surface area contributed by atoms with E-state index in [0.29, 0.717) is 26.2 Å². The van der Waals surface area contributed by atoms with Gasteiger partial charge in [0.1, 0.15) is 0 Å². The van der Waals surface area contributed by atoms with Crippen molar-refractivity contribution in [1.82, 2.24) is 9.21 Å². The van der Waals surface area contributed by atoms with Crippen molar-refractivity contribution in [3.63, 3.8) is 0 Å². The molecule has 21 heavy (non-hydrogen) atoms. The SMILES string of the molecule is C[C@H](N)C(=O)N1CCN(S(=O)(=O)c2ccccc2)CC1.Cl. The molecule has 1 aromatic rings. The number of nitrogens with zero attached hydrogens (tertiary/aromatic N) is 2. The summed E-state index contributed by atoms with van der Waals surface area (Å²) in [6.07, 6.45) is 0. The Bertz CT molecular complexity index is 570. The van der Waals surface area contributed by atoms with Crippen molar-refractivity contribution >= 4 is 28.3 Å². The number of rotatable bonds is 3. The molecule has 1 saturated heterocycles. The van der Waals surface area contributed by atoms with Crippen LogP contribution in [0.3, 0.4) is 0 Å². The minimum Gasteiger partial charge on any atom is -0.339 e. The number of halogens is 1. The van der Waals surface area contributed by atoms with Gasteiger partial charge in [0.25, 0.3) is 0 Å². The third kappa shape index (κ3) is 3.94. The summed E-state index contributed by atoms with van der Waals surface area (Å²) in [4.78, 5) is 13.7. The van der Waals surface area contributed by atoms with E-state index < -0.39 is 16.1 Å². The van der Waals surface area contributed by atoms with E-state index in [1.807, 2.05) is 0 Å². The summed E-state index contributed by atoms with van der Waals surface area (Å²) in [5.41, 5.74) is 5.56. The van der Waals surface area contributed by atoms with Gasteiger partial charge in [-0.05, 0) is 19.1 Å². The number of nitrogens with two attached hydrogens (primary N) is 1. The van der Waals surface area contributed by atoms with Gasteiger partial charge in [0, 0.05) is 26.2 Å². The highest BCUT2D eigenvalue weighted by Gasteiger charge is 2.30. The van der Waals surface area contributed by atoms with Crippen LogP contribution in [0.25, 0.3) is 0 Å². The highest BCUT2D eigenvalue weighted by atomic mass is 35.5. The first kappa shape index (κ1) is 17.9. The number of carbonyl (C=O) groups excluding carboxylic acids is 1. The monoisotopic (exact) mass is 333 g/mol. The number of carbonyl (C=O) groups is 1. The average Bonchev–Trinajstić information content (AvgIpc) is 2.47. The van der Waals surface area contributed by atoms with Crippen LogP contribution in [-0.4, -0.2) is 55.8 Å². The first-order valence-electron chi connectivity index (χ1n) is 6.52. The zero-order valence-electron chi connectivity index (χ0n) is 11.8. The molecule has 1 fully saturated rings. The second-order valence-electron chi connectivity index (χ2n) is 4.83. The van der Waals surface area contributed by atoms with Crippen LogP contribution in [0.2, 0.25) is 0 Å². The third-order valence-corrected chi connectivity index (χ3v) is 5.23. The van der Waals surface area contributed by atoms with E-state index in [1.54, 1.807) is 42.2 Å². The van der Waals surface area contributed by atoms with Crippen LogP contribution in [0.1, 0.15) is 6.92 Å². The topological polar surface area (TPSA) is 83.7 Å². The van der Waals surface area contributed by atoms with Crippen LogP contribution in [0.15, 0.2) is 35.2 Å². The van der Waals surface area contributed by atoms with Gasteiger partial charge in [0.2, 0.25) is 15.9 Å². The van der Waals surface area contributed by atoms with Gasteiger partial charge in [-0.25, -0.2) is 8.42 Å². The van der Waals surface area contributed by atoms with Crippen LogP contribution in [0.5, 0.6) is 0 Å². The minimum absolute atomic E-state index is 0. The Kier molecular flexibility index (Phi) is 6.15. The lowest BCUT2D eigenvalue weighted by Gasteiger charge is -2.34. The second-order valence-corrected chi connectivity index (χ2v) is 6.77. The largest absolute Gasteiger partial charge is 0.339 e. The van der Waals surface area contributed by atoms with Crippen molar-refractivity contribution in [2.75, 3.05) is 26.2 Å². The van der Waals surface area contributed by atoms with Gasteiger partial charge in [-0.3, -0.25) is 4.79 Å². The molecule has 0 aliphatic carbocycles. The summed E-state index contributed by atoms with van der Waals surface area (Å²) in [5.74, 6) is -0.137. The lowest BCUT2D eigenvalue weighted by Crippen LogP contribution is -2.53. The Hall–Kier alpha value is -1.15. The fourth-order valence-electron chi connectivity index (χ4n) is 2.18. The summed E-state index contributed by atoms with van der Waals surface area (Å²) < 4.78 is 26.2. The van der Waals surface area contributed by atoms with Crippen LogP contribution < -0.4 is 5.73 Å². The summed E-state index contributed by atoms with van der Waals surface area (Å²) in [6.45, 7) is 3.00. The molecular weight excluding hydrogens is 314 g/mol. The van der Waals surface area contributed by atoms with Crippen molar-refractivity contribution in [2.24, 2.45) is 5.73 Å². The molecule has 118 valence electrons. The highest BCUT2D eigenvalue weighted by molar-refractivity contribution is 7.89. The summed E-state index contributed by atoms with van der Waals surface area (Å²) in [5, 5.41) is 0. The van der Waals surface area contributed by atoms with Crippen LogP contribution in [0.4, 0.5) is 0 Å². The Morgan fingerprint density at radius 2 is 1.67 bits per heavy atom. The van der Waals surface area contributed by atoms with Crippen LogP contribution in [-0.2, 0) is 14.8 Å². The van der Waals surface area contributed by atoms with Gasteiger partial charge >= 0.3 is 0 Å². The zero-order valence-corrected chi connectivity index (χ0v) is 13.4. The molecule has 1 atom stereocenters. The van der Waals surface area contributed by atoms with Crippen LogP contribution >= 0.6 is 12.4 Å². The Morgan fingerprint density at radius 3 is 2.14 bits per heavy atom. The molecule has 0 bridgehead atoms. The van der Waals surface area contributed by atoms with Gasteiger partial charge in [-0.15, -0.1) is 12.4 Å². The molecule has 0 spiro atoms. The fourth-order valence-corrected chi connectivity index (χ4v) is 3.62. The van der Waals surface area contributed by atoms with Gasteiger partial charge in [0.05, 0.1) is 10.9 Å². The quantitative estimate of drug-likeness (QED) is 0.861. The van der Waals surface area contributed by atoms with Gasteiger partial charge in [-0.1, -0.05) is 18.2 Å². The predicted molar refractivity (Wildman–Crippen MR) is 82.7 cm³/mol. The molecule has 2 N–H and O–H groups in total. The second kappa shape index (κ2) is 7.22. The molecule has 1 heterocycles. The molecule has 0 saturated carbocycles. The van der Waals surface area contributed by atoms with Crippen LogP contribution in [0, 0.1) is 0 Å². The molecule has 0 unspecified atom stereocenters. The molecule has 0 radical (unpaired) electrons. The van der Waals surface area contributed by atoms with E-state index in [-0.39, 0.29) is 23.2 Å². The maximum absolute atomic E-state index is 12.4. The van der Waals surface area contributed by atoms with Gasteiger partial charge < -0.3 is 10.6 Å². The van der Waals surface area contributed by atoms with E-state index in [4.69, 9.17) is 5.73 Å². The van der Waals surface area contributed by atoms with E-state index in [2.05, 4.69) is 0 Å². The Morgan fingerprint density at radius 1 is 1.14 bits per heavy atom. The number of benzene rings is 1. The van der Waals surface area contributed by atoms with Crippen molar-refractivity contribution in [2.45, 2.75) is 17.9 Å². The average molecular weight is 334 g/mol. The van der Waals surface area contributed by atoms with Gasteiger partial charge in [0.15, 0.2) is 0 Å². The molecular formula is C13H20ClN3O3S. The maximum Gasteiger partial charge on any atom is 0.243 e.